The fourth-order valence-corrected chi connectivity index (χ4v) is 1.57. The molecule has 0 fully saturated rings. The minimum Gasteiger partial charge on any atom is -0.397 e. The molecule has 1 aromatic carbocycles. The molecule has 0 amide bonds. The first kappa shape index (κ1) is 11.0. The van der Waals surface area contributed by atoms with Crippen molar-refractivity contribution in [2.75, 3.05) is 35.3 Å². The minimum absolute atomic E-state index is 0.639. The fourth-order valence-electron chi connectivity index (χ4n) is 1.13. The second-order valence-electron chi connectivity index (χ2n) is 3.12. The van der Waals surface area contributed by atoms with E-state index < -0.39 is 0 Å². The maximum atomic E-state index is 5.68. The summed E-state index contributed by atoms with van der Waals surface area (Å²) < 4.78 is 0. The molecule has 0 heterocycles. The van der Waals surface area contributed by atoms with Crippen LogP contribution in [0.25, 0.3) is 0 Å². The third kappa shape index (κ3) is 3.38. The summed E-state index contributed by atoms with van der Waals surface area (Å²) in [5.41, 5.74) is 13.6. The molecule has 0 aliphatic heterocycles. The van der Waals surface area contributed by atoms with Gasteiger partial charge in [0.1, 0.15) is 0 Å². The maximum absolute atomic E-state index is 5.68. The van der Waals surface area contributed by atoms with Gasteiger partial charge in [-0.2, -0.15) is 11.8 Å². The third-order valence-electron chi connectivity index (χ3n) is 1.94. The first-order chi connectivity index (χ1) is 6.74. The van der Waals surface area contributed by atoms with E-state index in [2.05, 4.69) is 11.6 Å². The second kappa shape index (κ2) is 5.65. The molecular formula is C10H17N3S. The molecule has 0 unspecified atom stereocenters. The van der Waals surface area contributed by atoms with Crippen molar-refractivity contribution in [1.82, 2.24) is 0 Å². The molecular weight excluding hydrogens is 194 g/mol. The van der Waals surface area contributed by atoms with Crippen LogP contribution in [0.1, 0.15) is 6.42 Å². The van der Waals surface area contributed by atoms with Gasteiger partial charge in [-0.05, 0) is 36.6 Å². The van der Waals surface area contributed by atoms with Crippen molar-refractivity contribution in [3.8, 4) is 0 Å². The number of anilines is 3. The maximum Gasteiger partial charge on any atom is 0.0568 e. The lowest BCUT2D eigenvalue weighted by atomic mass is 10.2. The summed E-state index contributed by atoms with van der Waals surface area (Å²) in [6.07, 6.45) is 3.27. The predicted octanol–water partition coefficient (Wildman–Crippen LogP) is 2.02. The third-order valence-corrected chi connectivity index (χ3v) is 2.64. The van der Waals surface area contributed by atoms with Gasteiger partial charge in [-0.3, -0.25) is 0 Å². The van der Waals surface area contributed by atoms with Crippen LogP contribution in [0.15, 0.2) is 18.2 Å². The van der Waals surface area contributed by atoms with Gasteiger partial charge >= 0.3 is 0 Å². The largest absolute Gasteiger partial charge is 0.397 e. The highest BCUT2D eigenvalue weighted by atomic mass is 32.2. The number of thioether (sulfide) groups is 1. The van der Waals surface area contributed by atoms with E-state index in [1.165, 1.54) is 5.75 Å². The lowest BCUT2D eigenvalue weighted by Crippen LogP contribution is -2.03. The summed E-state index contributed by atoms with van der Waals surface area (Å²) in [7, 11) is 0. The molecule has 0 aromatic heterocycles. The van der Waals surface area contributed by atoms with Crippen LogP contribution in [-0.2, 0) is 0 Å². The Balaban J connectivity index is 2.39. The van der Waals surface area contributed by atoms with E-state index >= 15 is 0 Å². The first-order valence-corrected chi connectivity index (χ1v) is 6.01. The Morgan fingerprint density at radius 3 is 2.71 bits per heavy atom. The molecule has 0 radical (unpaired) electrons. The van der Waals surface area contributed by atoms with E-state index in [4.69, 9.17) is 11.5 Å². The molecule has 4 heteroatoms. The number of nitrogen functional groups attached to an aromatic ring is 2. The summed E-state index contributed by atoms with van der Waals surface area (Å²) in [5, 5.41) is 3.30. The molecule has 5 N–H and O–H groups in total. The number of nitrogens with two attached hydrogens (primary N) is 2. The van der Waals surface area contributed by atoms with Gasteiger partial charge in [-0.25, -0.2) is 0 Å². The highest BCUT2D eigenvalue weighted by Crippen LogP contribution is 2.19. The zero-order chi connectivity index (χ0) is 10.4. The average molecular weight is 211 g/mol. The predicted molar refractivity (Wildman–Crippen MR) is 66.8 cm³/mol. The monoisotopic (exact) mass is 211 g/mol. The minimum atomic E-state index is 0.639. The Kier molecular flexibility index (Phi) is 4.46. The first-order valence-electron chi connectivity index (χ1n) is 4.62. The van der Waals surface area contributed by atoms with E-state index in [1.807, 2.05) is 30.0 Å². The van der Waals surface area contributed by atoms with Crippen LogP contribution in [-0.4, -0.2) is 18.6 Å². The standard InChI is InChI=1S/C10H17N3S/c1-14-6-2-5-13-8-3-4-9(11)10(12)7-8/h3-4,7,13H,2,5-6,11-12H2,1H3. The van der Waals surface area contributed by atoms with Crippen LogP contribution in [0.2, 0.25) is 0 Å². The Morgan fingerprint density at radius 1 is 1.29 bits per heavy atom. The van der Waals surface area contributed by atoms with Crippen LogP contribution in [0.5, 0.6) is 0 Å². The highest BCUT2D eigenvalue weighted by molar-refractivity contribution is 7.98. The van der Waals surface area contributed by atoms with Crippen molar-refractivity contribution in [1.29, 1.82) is 0 Å². The van der Waals surface area contributed by atoms with Crippen LogP contribution >= 0.6 is 11.8 Å². The van der Waals surface area contributed by atoms with Crippen LogP contribution in [0.3, 0.4) is 0 Å². The Labute approximate surface area is 89.2 Å². The summed E-state index contributed by atoms with van der Waals surface area (Å²) in [6.45, 7) is 0.976. The van der Waals surface area contributed by atoms with E-state index in [0.29, 0.717) is 11.4 Å². The van der Waals surface area contributed by atoms with E-state index in [1.54, 1.807) is 0 Å². The van der Waals surface area contributed by atoms with Gasteiger partial charge < -0.3 is 16.8 Å². The summed E-state index contributed by atoms with van der Waals surface area (Å²) >= 11 is 1.86. The van der Waals surface area contributed by atoms with Crippen LogP contribution < -0.4 is 16.8 Å². The van der Waals surface area contributed by atoms with Gasteiger partial charge in [-0.1, -0.05) is 0 Å². The normalized spacial score (nSPS) is 10.1. The Hall–Kier alpha value is -1.03. The number of rotatable bonds is 5. The van der Waals surface area contributed by atoms with Gasteiger partial charge in [-0.15, -0.1) is 0 Å². The lowest BCUT2D eigenvalue weighted by Gasteiger charge is -2.07. The van der Waals surface area contributed by atoms with E-state index in [0.717, 1.165) is 18.7 Å². The Bertz CT molecular complexity index is 289. The molecule has 3 nitrogen and oxygen atoms in total. The molecule has 14 heavy (non-hydrogen) atoms. The van der Waals surface area contributed by atoms with Gasteiger partial charge in [0.2, 0.25) is 0 Å². The molecule has 0 saturated carbocycles. The number of hydrogen-bond donors (Lipinski definition) is 3. The molecule has 0 atom stereocenters. The molecule has 78 valence electrons. The summed E-state index contributed by atoms with van der Waals surface area (Å²) in [6, 6.07) is 5.64. The zero-order valence-electron chi connectivity index (χ0n) is 8.42. The molecule has 0 aliphatic carbocycles. The molecule has 0 spiro atoms. The van der Waals surface area contributed by atoms with Gasteiger partial charge in [0.25, 0.3) is 0 Å². The Morgan fingerprint density at radius 2 is 2.07 bits per heavy atom. The SMILES string of the molecule is CSCCCNc1ccc(N)c(N)c1. The quantitative estimate of drug-likeness (QED) is 0.515. The van der Waals surface area contributed by atoms with Crippen molar-refractivity contribution in [2.45, 2.75) is 6.42 Å². The molecule has 1 aromatic rings. The van der Waals surface area contributed by atoms with Crippen molar-refractivity contribution in [2.24, 2.45) is 0 Å². The number of hydrogen-bond acceptors (Lipinski definition) is 4. The summed E-state index contributed by atoms with van der Waals surface area (Å²) in [4.78, 5) is 0. The smallest absolute Gasteiger partial charge is 0.0568 e. The molecule has 0 saturated heterocycles. The fraction of sp³-hybridized carbons (Fsp3) is 0.400. The van der Waals surface area contributed by atoms with Gasteiger partial charge in [0.05, 0.1) is 11.4 Å². The van der Waals surface area contributed by atoms with Crippen LogP contribution in [0, 0.1) is 0 Å². The molecule has 0 bridgehead atoms. The highest BCUT2D eigenvalue weighted by Gasteiger charge is 1.96. The van der Waals surface area contributed by atoms with Gasteiger partial charge in [0, 0.05) is 12.2 Å². The van der Waals surface area contributed by atoms with E-state index in [9.17, 15) is 0 Å². The summed E-state index contributed by atoms with van der Waals surface area (Å²) in [5.74, 6) is 1.18. The van der Waals surface area contributed by atoms with E-state index in [-0.39, 0.29) is 0 Å². The van der Waals surface area contributed by atoms with Crippen molar-refractivity contribution in [3.05, 3.63) is 18.2 Å². The zero-order valence-corrected chi connectivity index (χ0v) is 9.23. The second-order valence-corrected chi connectivity index (χ2v) is 4.10. The number of nitrogens with one attached hydrogen (secondary N) is 1. The van der Waals surface area contributed by atoms with Gasteiger partial charge in [0.15, 0.2) is 0 Å². The van der Waals surface area contributed by atoms with Crippen molar-refractivity contribution >= 4 is 28.8 Å². The molecule has 1 rings (SSSR count). The lowest BCUT2D eigenvalue weighted by molar-refractivity contribution is 0.993. The topological polar surface area (TPSA) is 64.1 Å². The average Bonchev–Trinajstić information content (AvgIpc) is 2.18. The number of benzene rings is 1. The van der Waals surface area contributed by atoms with Crippen molar-refractivity contribution in [3.63, 3.8) is 0 Å². The van der Waals surface area contributed by atoms with Crippen molar-refractivity contribution < 1.29 is 0 Å². The molecule has 0 aliphatic rings. The van der Waals surface area contributed by atoms with Crippen LogP contribution in [0.4, 0.5) is 17.1 Å².